The van der Waals surface area contributed by atoms with Gasteiger partial charge in [0, 0.05) is 6.21 Å². The maximum atomic E-state index is 12.5. The van der Waals surface area contributed by atoms with Crippen molar-refractivity contribution in [3.8, 4) is 0 Å². The smallest absolute Gasteiger partial charge is 0.433 e. The third kappa shape index (κ3) is 2.84. The minimum atomic E-state index is -4.61. The Labute approximate surface area is 91.0 Å². The molecular formula is C10H12F3NO2. The minimum Gasteiger partial charge on any atom is -0.463 e. The van der Waals surface area contributed by atoms with E-state index in [9.17, 15) is 18.0 Å². The highest BCUT2D eigenvalue weighted by Gasteiger charge is 2.40. The van der Waals surface area contributed by atoms with Crippen molar-refractivity contribution in [3.63, 3.8) is 0 Å². The van der Waals surface area contributed by atoms with E-state index in [1.54, 1.807) is 13.8 Å². The molecule has 0 saturated carbocycles. The molecule has 0 radical (unpaired) electrons. The first-order valence-corrected chi connectivity index (χ1v) is 4.88. The van der Waals surface area contributed by atoms with Crippen LogP contribution in [0.4, 0.5) is 13.2 Å². The van der Waals surface area contributed by atoms with E-state index < -0.39 is 17.8 Å². The number of carbonyl (C=O) groups is 1. The summed E-state index contributed by atoms with van der Waals surface area (Å²) in [6.07, 6.45) is -3.40. The van der Waals surface area contributed by atoms with Crippen LogP contribution in [-0.2, 0) is 9.53 Å². The molecule has 1 rings (SSSR count). The Morgan fingerprint density at radius 2 is 2.25 bits per heavy atom. The summed E-state index contributed by atoms with van der Waals surface area (Å²) in [6, 6.07) is 0. The largest absolute Gasteiger partial charge is 0.463 e. The molecule has 0 saturated heterocycles. The summed E-state index contributed by atoms with van der Waals surface area (Å²) in [6.45, 7) is 3.28. The number of allylic oxidation sites excluding steroid dienone is 1. The molecule has 6 heteroatoms. The van der Waals surface area contributed by atoms with Crippen LogP contribution in [0.25, 0.3) is 0 Å². The molecule has 16 heavy (non-hydrogen) atoms. The standard InChI is InChI=1S/C10H12F3NO2/c1-3-16-9(15)7-4-6(2)5-14-8(7)10(11,12)13/h5-6H,3-4H2,1-2H3. The van der Waals surface area contributed by atoms with Crippen LogP contribution in [0.15, 0.2) is 16.3 Å². The number of carbonyl (C=O) groups excluding carboxylic acids is 1. The molecule has 0 spiro atoms. The number of ether oxygens (including phenoxy) is 1. The number of hydrogen-bond donors (Lipinski definition) is 0. The minimum absolute atomic E-state index is 0.0111. The van der Waals surface area contributed by atoms with Crippen molar-refractivity contribution < 1.29 is 22.7 Å². The quantitative estimate of drug-likeness (QED) is 0.689. The summed E-state index contributed by atoms with van der Waals surface area (Å²) in [7, 11) is 0. The summed E-state index contributed by atoms with van der Waals surface area (Å²) in [4.78, 5) is 14.6. The van der Waals surface area contributed by atoms with Gasteiger partial charge in [0.1, 0.15) is 0 Å². The zero-order valence-electron chi connectivity index (χ0n) is 8.97. The molecule has 1 atom stereocenters. The van der Waals surface area contributed by atoms with Gasteiger partial charge in [-0.25, -0.2) is 4.79 Å². The molecule has 0 fully saturated rings. The molecule has 0 bridgehead atoms. The fourth-order valence-electron chi connectivity index (χ4n) is 1.39. The van der Waals surface area contributed by atoms with Gasteiger partial charge in [-0.3, -0.25) is 4.99 Å². The highest BCUT2D eigenvalue weighted by Crippen LogP contribution is 2.34. The third-order valence-corrected chi connectivity index (χ3v) is 2.06. The van der Waals surface area contributed by atoms with Gasteiger partial charge in [-0.15, -0.1) is 0 Å². The lowest BCUT2D eigenvalue weighted by molar-refractivity contribution is -0.140. The maximum absolute atomic E-state index is 12.5. The molecule has 1 unspecified atom stereocenters. The Kier molecular flexibility index (Phi) is 3.72. The summed E-state index contributed by atoms with van der Waals surface area (Å²) >= 11 is 0. The molecule has 0 amide bonds. The number of nitrogens with zero attached hydrogens (tertiary/aromatic N) is 1. The van der Waals surface area contributed by atoms with Crippen LogP contribution in [0, 0.1) is 5.92 Å². The van der Waals surface area contributed by atoms with Crippen molar-refractivity contribution in [1.29, 1.82) is 0 Å². The summed E-state index contributed by atoms with van der Waals surface area (Å²) in [5.41, 5.74) is -1.52. The second-order valence-corrected chi connectivity index (χ2v) is 3.50. The van der Waals surface area contributed by atoms with Crippen molar-refractivity contribution in [3.05, 3.63) is 11.3 Å². The van der Waals surface area contributed by atoms with Crippen molar-refractivity contribution in [2.75, 3.05) is 6.61 Å². The lowest BCUT2D eigenvalue weighted by atomic mass is 9.97. The third-order valence-electron chi connectivity index (χ3n) is 2.06. The van der Waals surface area contributed by atoms with Gasteiger partial charge in [0.25, 0.3) is 0 Å². The predicted octanol–water partition coefficient (Wildman–Crippen LogP) is 2.48. The van der Waals surface area contributed by atoms with Gasteiger partial charge >= 0.3 is 12.1 Å². The van der Waals surface area contributed by atoms with Gasteiger partial charge in [0.05, 0.1) is 12.2 Å². The number of hydrogen-bond acceptors (Lipinski definition) is 3. The second kappa shape index (κ2) is 4.67. The average molecular weight is 235 g/mol. The Hall–Kier alpha value is -1.33. The first kappa shape index (κ1) is 12.7. The first-order chi connectivity index (χ1) is 7.36. The monoisotopic (exact) mass is 235 g/mol. The van der Waals surface area contributed by atoms with E-state index in [2.05, 4.69) is 9.73 Å². The summed E-state index contributed by atoms with van der Waals surface area (Å²) in [5.74, 6) is -1.12. The highest BCUT2D eigenvalue weighted by molar-refractivity contribution is 5.91. The van der Waals surface area contributed by atoms with E-state index in [4.69, 9.17) is 0 Å². The SMILES string of the molecule is CCOC(=O)C1=C(C(F)(F)F)N=CC(C)C1. The van der Waals surface area contributed by atoms with Crippen LogP contribution in [0.1, 0.15) is 20.3 Å². The Balaban J connectivity index is 3.08. The zero-order chi connectivity index (χ0) is 12.3. The van der Waals surface area contributed by atoms with Crippen molar-refractivity contribution in [2.45, 2.75) is 26.4 Å². The molecule has 0 aromatic heterocycles. The van der Waals surface area contributed by atoms with Crippen LogP contribution >= 0.6 is 0 Å². The van der Waals surface area contributed by atoms with Crippen LogP contribution < -0.4 is 0 Å². The molecule has 3 nitrogen and oxygen atoms in total. The zero-order valence-corrected chi connectivity index (χ0v) is 8.97. The molecule has 90 valence electrons. The van der Waals surface area contributed by atoms with Gasteiger partial charge in [-0.05, 0) is 19.3 Å². The summed E-state index contributed by atoms with van der Waals surface area (Å²) < 4.78 is 42.2. The topological polar surface area (TPSA) is 38.7 Å². The molecule has 0 aliphatic carbocycles. The van der Waals surface area contributed by atoms with Crippen LogP contribution in [0.2, 0.25) is 0 Å². The lowest BCUT2D eigenvalue weighted by Crippen LogP contribution is -2.23. The maximum Gasteiger partial charge on any atom is 0.433 e. The van der Waals surface area contributed by atoms with Gasteiger partial charge < -0.3 is 4.74 Å². The van der Waals surface area contributed by atoms with Crippen molar-refractivity contribution in [1.82, 2.24) is 0 Å². The van der Waals surface area contributed by atoms with Gasteiger partial charge in [0.15, 0.2) is 5.70 Å². The van der Waals surface area contributed by atoms with Gasteiger partial charge in [-0.2, -0.15) is 13.2 Å². The molecule has 1 heterocycles. The van der Waals surface area contributed by atoms with E-state index >= 15 is 0 Å². The second-order valence-electron chi connectivity index (χ2n) is 3.50. The number of rotatable bonds is 2. The normalized spacial score (nSPS) is 21.2. The Morgan fingerprint density at radius 3 is 2.75 bits per heavy atom. The molecule has 0 aromatic rings. The van der Waals surface area contributed by atoms with E-state index in [1.807, 2.05) is 0 Å². The molecule has 0 aromatic carbocycles. The number of esters is 1. The van der Waals surface area contributed by atoms with Crippen molar-refractivity contribution >= 4 is 12.2 Å². The van der Waals surface area contributed by atoms with E-state index in [0.29, 0.717) is 0 Å². The van der Waals surface area contributed by atoms with E-state index in [0.717, 1.165) is 0 Å². The lowest BCUT2D eigenvalue weighted by Gasteiger charge is -2.19. The molecule has 0 N–H and O–H groups in total. The summed E-state index contributed by atoms with van der Waals surface area (Å²) in [5, 5.41) is 0. The van der Waals surface area contributed by atoms with Crippen molar-refractivity contribution in [2.24, 2.45) is 10.9 Å². The number of aliphatic imine (C=N–C) groups is 1. The average Bonchev–Trinajstić information content (AvgIpc) is 2.16. The molecule has 1 aliphatic heterocycles. The van der Waals surface area contributed by atoms with Gasteiger partial charge in [-0.1, -0.05) is 6.92 Å². The highest BCUT2D eigenvalue weighted by atomic mass is 19.4. The molecule has 1 aliphatic rings. The van der Waals surface area contributed by atoms with Crippen LogP contribution in [0.5, 0.6) is 0 Å². The van der Waals surface area contributed by atoms with E-state index in [1.165, 1.54) is 6.21 Å². The van der Waals surface area contributed by atoms with Gasteiger partial charge in [0.2, 0.25) is 0 Å². The number of alkyl halides is 3. The Bertz CT molecular complexity index is 344. The fraction of sp³-hybridized carbons (Fsp3) is 0.600. The van der Waals surface area contributed by atoms with Crippen LogP contribution in [-0.4, -0.2) is 25.0 Å². The fourth-order valence-corrected chi connectivity index (χ4v) is 1.39. The molecular weight excluding hydrogens is 223 g/mol. The van der Waals surface area contributed by atoms with E-state index in [-0.39, 0.29) is 24.5 Å². The Morgan fingerprint density at radius 1 is 1.62 bits per heavy atom. The van der Waals surface area contributed by atoms with Crippen LogP contribution in [0.3, 0.4) is 0 Å². The predicted molar refractivity (Wildman–Crippen MR) is 52.0 cm³/mol. The first-order valence-electron chi connectivity index (χ1n) is 4.88. The number of halogens is 3.